The number of carboxylic acid groups (broad SMARTS) is 1. The molecule has 1 aliphatic carbocycles. The van der Waals surface area contributed by atoms with Crippen LogP contribution in [0.3, 0.4) is 0 Å². The summed E-state index contributed by atoms with van der Waals surface area (Å²) in [6.07, 6.45) is 3.13. The fraction of sp³-hybridized carbons (Fsp3) is 0.417. The Morgan fingerprint density at radius 3 is 2.64 bits per heavy atom. The molecule has 3 aromatic rings. The molecule has 0 spiro atoms. The number of anilines is 2. The Morgan fingerprint density at radius 1 is 1.24 bits per heavy atom. The number of pyridine rings is 1. The van der Waals surface area contributed by atoms with Gasteiger partial charge >= 0.3 is 5.97 Å². The third-order valence-corrected chi connectivity index (χ3v) is 7.36. The van der Waals surface area contributed by atoms with Gasteiger partial charge in [-0.05, 0) is 62.1 Å². The van der Waals surface area contributed by atoms with Crippen LogP contribution in [0.1, 0.15) is 41.0 Å². The maximum Gasteiger partial charge on any atom is 0.356 e. The molecule has 0 bridgehead atoms. The lowest BCUT2D eigenvalue weighted by Crippen LogP contribution is -2.31. The number of hydrogen-bond donors (Lipinski definition) is 2. The lowest BCUT2D eigenvalue weighted by molar-refractivity contribution is 0.0691. The number of piperidine rings is 1. The average Bonchev–Trinajstić information content (AvgIpc) is 3.40. The normalized spacial score (nSPS) is 20.1. The minimum Gasteiger partial charge on any atom is -0.476 e. The van der Waals surface area contributed by atoms with E-state index < -0.39 is 5.97 Å². The second-order valence-corrected chi connectivity index (χ2v) is 9.93. The number of hydrogen-bond acceptors (Lipinski definition) is 7. The zero-order valence-corrected chi connectivity index (χ0v) is 19.9. The summed E-state index contributed by atoms with van der Waals surface area (Å²) in [4.78, 5) is 36.5. The van der Waals surface area contributed by atoms with E-state index in [1.165, 1.54) is 18.2 Å². The van der Waals surface area contributed by atoms with Crippen molar-refractivity contribution >= 4 is 40.3 Å². The van der Waals surface area contributed by atoms with Gasteiger partial charge in [-0.2, -0.15) is 0 Å². The van der Waals surface area contributed by atoms with Crippen molar-refractivity contribution in [1.29, 1.82) is 0 Å². The number of thioether (sulfide) groups is 1. The Kier molecular flexibility index (Phi) is 5.31. The molecule has 3 unspecified atom stereocenters. The fourth-order valence-electron chi connectivity index (χ4n) is 4.86. The third kappa shape index (κ3) is 3.84. The summed E-state index contributed by atoms with van der Waals surface area (Å²) in [7, 11) is 1.79. The van der Waals surface area contributed by atoms with E-state index in [0.717, 1.165) is 36.1 Å². The Hall–Kier alpha value is -3.07. The number of carbonyl (C=O) groups is 1. The van der Waals surface area contributed by atoms with Gasteiger partial charge < -0.3 is 15.3 Å². The van der Waals surface area contributed by atoms with E-state index in [4.69, 9.17) is 4.98 Å². The molecular weight excluding hydrogens is 438 g/mol. The standard InChI is InChI=1S/C24H27N5O3S/c1-12-7-16(13(2)25-18-5-6-19(33-4)26-21(18)23(31)32)20-17(8-12)22(30)28(3)24(27-20)29-10-14-9-15(14)11-29/h5-8,13-15,25H,9-11H2,1-4H3,(H,31,32). The number of rotatable bonds is 6. The summed E-state index contributed by atoms with van der Waals surface area (Å²) in [6, 6.07) is 7.15. The van der Waals surface area contributed by atoms with Gasteiger partial charge in [-0.15, -0.1) is 11.8 Å². The predicted molar refractivity (Wildman–Crippen MR) is 131 cm³/mol. The van der Waals surface area contributed by atoms with E-state index in [9.17, 15) is 14.7 Å². The van der Waals surface area contributed by atoms with Crippen molar-refractivity contribution in [2.75, 3.05) is 29.6 Å². The van der Waals surface area contributed by atoms with E-state index in [1.54, 1.807) is 23.7 Å². The van der Waals surface area contributed by atoms with Gasteiger partial charge in [0.1, 0.15) is 0 Å². The molecule has 3 heterocycles. The quantitative estimate of drug-likeness (QED) is 0.532. The monoisotopic (exact) mass is 465 g/mol. The van der Waals surface area contributed by atoms with Crippen LogP contribution in [0.25, 0.3) is 10.9 Å². The number of aryl methyl sites for hydroxylation is 1. The van der Waals surface area contributed by atoms with Gasteiger partial charge in [0.05, 0.1) is 27.7 Å². The Bertz CT molecular complexity index is 1330. The van der Waals surface area contributed by atoms with Crippen molar-refractivity contribution in [2.24, 2.45) is 18.9 Å². The molecule has 2 aromatic heterocycles. The molecule has 8 nitrogen and oxygen atoms in total. The van der Waals surface area contributed by atoms with E-state index >= 15 is 0 Å². The van der Waals surface area contributed by atoms with Gasteiger partial charge in [0.15, 0.2) is 5.69 Å². The van der Waals surface area contributed by atoms with E-state index in [2.05, 4.69) is 15.2 Å². The molecule has 1 aliphatic heterocycles. The van der Waals surface area contributed by atoms with Crippen molar-refractivity contribution in [2.45, 2.75) is 31.3 Å². The van der Waals surface area contributed by atoms with Gasteiger partial charge in [0.25, 0.3) is 5.56 Å². The molecule has 1 aromatic carbocycles. The Labute approximate surface area is 196 Å². The number of nitrogens with zero attached hydrogens (tertiary/aromatic N) is 4. The molecule has 1 saturated carbocycles. The average molecular weight is 466 g/mol. The molecule has 0 amide bonds. The van der Waals surface area contributed by atoms with Crippen molar-refractivity contribution in [3.8, 4) is 0 Å². The number of fused-ring (bicyclic) bond motifs is 2. The summed E-state index contributed by atoms with van der Waals surface area (Å²) in [5.41, 5.74) is 2.82. The number of benzene rings is 1. The first-order valence-corrected chi connectivity index (χ1v) is 12.3. The second-order valence-electron chi connectivity index (χ2n) is 9.11. The van der Waals surface area contributed by atoms with Crippen molar-refractivity contribution in [3.63, 3.8) is 0 Å². The predicted octanol–water partition coefficient (Wildman–Crippen LogP) is 3.69. The van der Waals surface area contributed by atoms with E-state index in [0.29, 0.717) is 27.6 Å². The highest BCUT2D eigenvalue weighted by Gasteiger charge is 2.46. The van der Waals surface area contributed by atoms with Crippen LogP contribution < -0.4 is 15.8 Å². The molecule has 3 atom stereocenters. The minimum absolute atomic E-state index is 0.0217. The van der Waals surface area contributed by atoms with Gasteiger partial charge in [-0.3, -0.25) is 9.36 Å². The molecule has 2 N–H and O–H groups in total. The summed E-state index contributed by atoms with van der Waals surface area (Å²) in [5, 5.41) is 14.2. The Balaban J connectivity index is 1.58. The van der Waals surface area contributed by atoms with Crippen LogP contribution in [0.15, 0.2) is 34.1 Å². The summed E-state index contributed by atoms with van der Waals surface area (Å²) >= 11 is 1.39. The SMILES string of the molecule is CSc1ccc(NC(C)c2cc(C)cc3c(=O)n(C)c(N4CC5CC5C4)nc23)c(C(=O)O)n1. The molecule has 2 fully saturated rings. The van der Waals surface area contributed by atoms with Crippen molar-refractivity contribution in [1.82, 2.24) is 14.5 Å². The van der Waals surface area contributed by atoms with Gasteiger partial charge in [0, 0.05) is 25.7 Å². The zero-order valence-electron chi connectivity index (χ0n) is 19.1. The topological polar surface area (TPSA) is 100 Å². The molecular formula is C24H27N5O3S. The highest BCUT2D eigenvalue weighted by molar-refractivity contribution is 7.98. The lowest BCUT2D eigenvalue weighted by atomic mass is 10.0. The molecule has 1 saturated heterocycles. The highest BCUT2D eigenvalue weighted by atomic mass is 32.2. The maximum absolute atomic E-state index is 13.3. The summed E-state index contributed by atoms with van der Waals surface area (Å²) < 4.78 is 1.65. The fourth-order valence-corrected chi connectivity index (χ4v) is 5.25. The molecule has 172 valence electrons. The van der Waals surface area contributed by atoms with Crippen LogP contribution >= 0.6 is 11.8 Å². The first-order chi connectivity index (χ1) is 15.8. The second kappa shape index (κ2) is 8.06. The lowest BCUT2D eigenvalue weighted by Gasteiger charge is -2.24. The number of carboxylic acids is 1. The van der Waals surface area contributed by atoms with Gasteiger partial charge in [0.2, 0.25) is 5.95 Å². The third-order valence-electron chi connectivity index (χ3n) is 6.71. The number of aromatic nitrogens is 3. The molecule has 2 aliphatic rings. The van der Waals surface area contributed by atoms with Crippen LogP contribution in [-0.4, -0.2) is 45.0 Å². The number of nitrogens with one attached hydrogen (secondary N) is 1. The van der Waals surface area contributed by atoms with E-state index in [1.807, 2.05) is 32.2 Å². The first kappa shape index (κ1) is 21.8. The highest BCUT2D eigenvalue weighted by Crippen LogP contribution is 2.46. The zero-order chi connectivity index (χ0) is 23.4. The molecule has 0 radical (unpaired) electrons. The maximum atomic E-state index is 13.3. The minimum atomic E-state index is -1.09. The van der Waals surface area contributed by atoms with Gasteiger partial charge in [-0.25, -0.2) is 14.8 Å². The first-order valence-electron chi connectivity index (χ1n) is 11.1. The summed E-state index contributed by atoms with van der Waals surface area (Å²) in [5.74, 6) is 1.06. The van der Waals surface area contributed by atoms with Crippen LogP contribution in [0.4, 0.5) is 11.6 Å². The van der Waals surface area contributed by atoms with E-state index in [-0.39, 0.29) is 17.3 Å². The van der Waals surface area contributed by atoms with Gasteiger partial charge in [-0.1, -0.05) is 6.07 Å². The largest absolute Gasteiger partial charge is 0.476 e. The molecule has 33 heavy (non-hydrogen) atoms. The smallest absolute Gasteiger partial charge is 0.356 e. The summed E-state index contributed by atoms with van der Waals surface area (Å²) in [6.45, 7) is 5.79. The van der Waals surface area contributed by atoms with Crippen LogP contribution in [0, 0.1) is 18.8 Å². The van der Waals surface area contributed by atoms with Crippen LogP contribution in [-0.2, 0) is 7.05 Å². The molecule has 5 rings (SSSR count). The Morgan fingerprint density at radius 2 is 1.97 bits per heavy atom. The number of aromatic carboxylic acids is 1. The van der Waals surface area contributed by atoms with Crippen LogP contribution in [0.2, 0.25) is 0 Å². The molecule has 9 heteroatoms. The van der Waals surface area contributed by atoms with Crippen LogP contribution in [0.5, 0.6) is 0 Å². The van der Waals surface area contributed by atoms with Crippen molar-refractivity contribution < 1.29 is 9.90 Å². The van der Waals surface area contributed by atoms with Crippen molar-refractivity contribution in [3.05, 3.63) is 51.4 Å².